The first kappa shape index (κ1) is 30.0. The molecule has 0 N–H and O–H groups in total. The molecule has 210 valence electrons. The molecule has 2 atom stereocenters. The van der Waals surface area contributed by atoms with E-state index in [9.17, 15) is 38.4 Å². The van der Waals surface area contributed by atoms with Crippen LogP contribution in [-0.2, 0) is 57.4 Å². The van der Waals surface area contributed by atoms with Crippen LogP contribution in [0, 0.1) is 11.8 Å². The number of ether oxygens (including phenoxy) is 4. The molecule has 4 amide bonds. The lowest BCUT2D eigenvalue weighted by molar-refractivity contribution is -0.202. The average Bonchev–Trinajstić information content (AvgIpc) is 3.32. The minimum absolute atomic E-state index is 0.119. The van der Waals surface area contributed by atoms with Gasteiger partial charge in [-0.15, -0.1) is 0 Å². The first-order valence-electron chi connectivity index (χ1n) is 11.7. The fraction of sp³-hybridized carbons (Fsp3) is 0.636. The van der Waals surface area contributed by atoms with Crippen molar-refractivity contribution in [3.8, 4) is 0 Å². The zero-order valence-corrected chi connectivity index (χ0v) is 21.2. The monoisotopic (exact) mass is 544 g/mol. The summed E-state index contributed by atoms with van der Waals surface area (Å²) in [6.45, 7) is 6.16. The number of esters is 2. The molecule has 0 radical (unpaired) electrons. The Morgan fingerprint density at radius 1 is 0.579 bits per heavy atom. The maximum atomic E-state index is 12.2. The van der Waals surface area contributed by atoms with E-state index in [0.29, 0.717) is 0 Å². The predicted octanol–water partition coefficient (Wildman–Crippen LogP) is 1.25. The molecule has 2 fully saturated rings. The van der Waals surface area contributed by atoms with Crippen molar-refractivity contribution in [2.75, 3.05) is 0 Å². The topological polar surface area (TPSA) is 198 Å². The molecule has 0 spiro atoms. The van der Waals surface area contributed by atoms with E-state index in [2.05, 4.69) is 9.68 Å². The summed E-state index contributed by atoms with van der Waals surface area (Å²) in [4.78, 5) is 103. The molecule has 2 aliphatic rings. The number of carbonyl (C=O) groups excluding carboxylic acids is 8. The molecule has 0 aromatic carbocycles. The highest BCUT2D eigenvalue weighted by Crippen LogP contribution is 2.18. The Labute approximate surface area is 216 Å². The summed E-state index contributed by atoms with van der Waals surface area (Å²) in [5.41, 5.74) is 0. The second-order valence-electron chi connectivity index (χ2n) is 8.79. The molecule has 2 rings (SSSR count). The van der Waals surface area contributed by atoms with E-state index in [-0.39, 0.29) is 35.8 Å². The summed E-state index contributed by atoms with van der Waals surface area (Å²) in [7, 11) is 0. The van der Waals surface area contributed by atoms with Gasteiger partial charge in [0.25, 0.3) is 36.2 Å². The van der Waals surface area contributed by atoms with Gasteiger partial charge in [0.1, 0.15) is 0 Å². The van der Waals surface area contributed by atoms with E-state index >= 15 is 0 Å². The van der Waals surface area contributed by atoms with Gasteiger partial charge in [-0.1, -0.05) is 37.8 Å². The van der Waals surface area contributed by atoms with Gasteiger partial charge in [-0.2, -0.15) is 0 Å². The smallest absolute Gasteiger partial charge is 0.425 e. The molecular weight excluding hydrogens is 516 g/mol. The number of amides is 4. The summed E-state index contributed by atoms with van der Waals surface area (Å²) < 4.78 is 19.8. The molecular formula is C22H28N2O14. The summed E-state index contributed by atoms with van der Waals surface area (Å²) >= 11 is 0. The second kappa shape index (κ2) is 13.3. The van der Waals surface area contributed by atoms with Crippen LogP contribution in [0.2, 0.25) is 0 Å². The van der Waals surface area contributed by atoms with E-state index in [4.69, 9.17) is 18.9 Å². The third-order valence-electron chi connectivity index (χ3n) is 4.89. The SMILES string of the molecule is CC(C)C(OC(=O)CCC(=O)OC(OC(=O)ON1C(=O)CCC1=O)C(C)C)OC(=O)ON1C(=O)CCC1=O. The van der Waals surface area contributed by atoms with Gasteiger partial charge in [-0.3, -0.25) is 38.4 Å². The van der Waals surface area contributed by atoms with E-state index < -0.39 is 85.1 Å². The lowest BCUT2D eigenvalue weighted by atomic mass is 10.2. The van der Waals surface area contributed by atoms with Crippen LogP contribution in [0.5, 0.6) is 0 Å². The van der Waals surface area contributed by atoms with Crippen LogP contribution >= 0.6 is 0 Å². The van der Waals surface area contributed by atoms with Gasteiger partial charge in [0.2, 0.25) is 0 Å². The van der Waals surface area contributed by atoms with Crippen molar-refractivity contribution in [2.45, 2.75) is 78.8 Å². The van der Waals surface area contributed by atoms with Crippen LogP contribution in [0.3, 0.4) is 0 Å². The molecule has 2 saturated heterocycles. The Kier molecular flexibility index (Phi) is 10.5. The lowest BCUT2D eigenvalue weighted by Crippen LogP contribution is -2.36. The van der Waals surface area contributed by atoms with E-state index in [1.807, 2.05) is 0 Å². The molecule has 0 aliphatic carbocycles. The predicted molar refractivity (Wildman–Crippen MR) is 116 cm³/mol. The molecule has 0 aromatic rings. The second-order valence-corrected chi connectivity index (χ2v) is 8.79. The molecule has 16 nitrogen and oxygen atoms in total. The van der Waals surface area contributed by atoms with Gasteiger partial charge in [-0.05, 0) is 0 Å². The van der Waals surface area contributed by atoms with Gasteiger partial charge in [0.15, 0.2) is 0 Å². The quantitative estimate of drug-likeness (QED) is 0.204. The molecule has 0 bridgehead atoms. The average molecular weight is 544 g/mol. The highest BCUT2D eigenvalue weighted by atomic mass is 16.9. The molecule has 16 heteroatoms. The van der Waals surface area contributed by atoms with E-state index in [0.717, 1.165) is 0 Å². The fourth-order valence-electron chi connectivity index (χ4n) is 2.87. The third kappa shape index (κ3) is 8.70. The Morgan fingerprint density at radius 2 is 0.868 bits per heavy atom. The number of nitrogens with zero attached hydrogens (tertiary/aromatic N) is 2. The number of imide groups is 2. The van der Waals surface area contributed by atoms with Crippen LogP contribution in [-0.4, -0.2) is 70.6 Å². The molecule has 2 aliphatic heterocycles. The van der Waals surface area contributed by atoms with Crippen LogP contribution in [0.4, 0.5) is 9.59 Å². The molecule has 0 aromatic heterocycles. The number of hydrogen-bond acceptors (Lipinski definition) is 14. The fourth-order valence-corrected chi connectivity index (χ4v) is 2.87. The standard InChI is InChI=1S/C22H28N2O14/c1-11(2)19(35-21(31)37-23-13(25)5-6-14(23)26)33-17(29)9-10-18(30)34-20(12(3)4)36-22(32)38-24-15(27)7-8-16(24)28/h11-12,19-20H,5-10H2,1-4H3. The summed E-state index contributed by atoms with van der Waals surface area (Å²) in [6.07, 6.45) is -7.32. The van der Waals surface area contributed by atoms with Gasteiger partial charge < -0.3 is 18.9 Å². The highest BCUT2D eigenvalue weighted by molar-refractivity contribution is 6.02. The maximum Gasteiger partial charge on any atom is 0.537 e. The Hall–Kier alpha value is -4.24. The molecule has 2 unspecified atom stereocenters. The lowest BCUT2D eigenvalue weighted by Gasteiger charge is -2.22. The van der Waals surface area contributed by atoms with Gasteiger partial charge in [-0.25, -0.2) is 9.59 Å². The summed E-state index contributed by atoms with van der Waals surface area (Å²) in [5, 5.41) is 0.531. The van der Waals surface area contributed by atoms with Crippen LogP contribution in [0.15, 0.2) is 0 Å². The van der Waals surface area contributed by atoms with Crippen molar-refractivity contribution in [2.24, 2.45) is 11.8 Å². The van der Waals surface area contributed by atoms with Crippen molar-refractivity contribution in [3.05, 3.63) is 0 Å². The largest absolute Gasteiger partial charge is 0.537 e. The van der Waals surface area contributed by atoms with Gasteiger partial charge in [0.05, 0.1) is 12.8 Å². The molecule has 2 heterocycles. The van der Waals surface area contributed by atoms with Crippen molar-refractivity contribution < 1.29 is 67.0 Å². The number of rotatable bonds is 11. The Morgan fingerprint density at radius 3 is 1.13 bits per heavy atom. The van der Waals surface area contributed by atoms with Crippen LogP contribution < -0.4 is 0 Å². The van der Waals surface area contributed by atoms with Crippen molar-refractivity contribution in [3.63, 3.8) is 0 Å². The number of carbonyl (C=O) groups is 8. The zero-order valence-electron chi connectivity index (χ0n) is 21.2. The van der Waals surface area contributed by atoms with Crippen molar-refractivity contribution in [1.29, 1.82) is 0 Å². The maximum absolute atomic E-state index is 12.2. The summed E-state index contributed by atoms with van der Waals surface area (Å²) in [6, 6.07) is 0. The minimum atomic E-state index is -1.46. The van der Waals surface area contributed by atoms with E-state index in [1.54, 1.807) is 27.7 Å². The van der Waals surface area contributed by atoms with Crippen molar-refractivity contribution >= 4 is 47.9 Å². The zero-order chi connectivity index (χ0) is 28.6. The van der Waals surface area contributed by atoms with Crippen molar-refractivity contribution in [1.82, 2.24) is 10.1 Å². The number of hydrogen-bond donors (Lipinski definition) is 0. The molecule has 38 heavy (non-hydrogen) atoms. The first-order valence-corrected chi connectivity index (χ1v) is 11.7. The Balaban J connectivity index is 1.80. The number of hydroxylamine groups is 4. The van der Waals surface area contributed by atoms with Gasteiger partial charge in [0, 0.05) is 37.5 Å². The van der Waals surface area contributed by atoms with Gasteiger partial charge >= 0.3 is 24.2 Å². The highest BCUT2D eigenvalue weighted by Gasteiger charge is 2.36. The first-order chi connectivity index (χ1) is 17.8. The Bertz CT molecular complexity index is 881. The molecule has 0 saturated carbocycles. The minimum Gasteiger partial charge on any atom is -0.425 e. The normalized spacial score (nSPS) is 17.0. The third-order valence-corrected chi connectivity index (χ3v) is 4.89. The van der Waals surface area contributed by atoms with E-state index in [1.165, 1.54) is 0 Å². The van der Waals surface area contributed by atoms with Crippen LogP contribution in [0.25, 0.3) is 0 Å². The van der Waals surface area contributed by atoms with Crippen LogP contribution in [0.1, 0.15) is 66.2 Å². The summed E-state index contributed by atoms with van der Waals surface area (Å²) in [5.74, 6) is -5.96.